The molecule has 0 aromatic carbocycles. The highest BCUT2D eigenvalue weighted by atomic mass is 32.2. The molecule has 2 aromatic rings. The molecule has 3 heteroatoms. The summed E-state index contributed by atoms with van der Waals surface area (Å²) in [7, 11) is 0. The Hall–Kier alpha value is -0.540. The van der Waals surface area contributed by atoms with Crippen molar-refractivity contribution in [1.82, 2.24) is 4.98 Å². The van der Waals surface area contributed by atoms with E-state index in [1.165, 1.54) is 20.7 Å². The predicted octanol–water partition coefficient (Wildman–Crippen LogP) is 4.11. The lowest BCUT2D eigenvalue weighted by Crippen LogP contribution is -1.86. The lowest BCUT2D eigenvalue weighted by atomic mass is 10.3. The largest absolute Gasteiger partial charge is 0.255 e. The molecule has 0 radical (unpaired) electrons. The molecule has 0 atom stereocenters. The maximum atomic E-state index is 4.41. The highest BCUT2D eigenvalue weighted by Gasteiger charge is 2.07. The molecule has 0 N–H and O–H groups in total. The van der Waals surface area contributed by atoms with Crippen LogP contribution < -0.4 is 0 Å². The first kappa shape index (κ1) is 9.99. The van der Waals surface area contributed by atoms with E-state index in [1.54, 1.807) is 11.3 Å². The van der Waals surface area contributed by atoms with Crippen LogP contribution in [0.2, 0.25) is 0 Å². The number of thiophene rings is 1. The van der Waals surface area contributed by atoms with Crippen LogP contribution in [0.4, 0.5) is 0 Å². The molecule has 0 spiro atoms. The zero-order valence-corrected chi connectivity index (χ0v) is 10.2. The van der Waals surface area contributed by atoms with Crippen LogP contribution in [0.5, 0.6) is 0 Å². The van der Waals surface area contributed by atoms with Gasteiger partial charge >= 0.3 is 0 Å². The Balaban J connectivity index is 2.54. The zero-order chi connectivity index (χ0) is 10.1. The second kappa shape index (κ2) is 3.91. The van der Waals surface area contributed by atoms with Gasteiger partial charge in [0.15, 0.2) is 0 Å². The van der Waals surface area contributed by atoms with Gasteiger partial charge in [-0.05, 0) is 23.9 Å². The van der Waals surface area contributed by atoms with Crippen molar-refractivity contribution in [1.29, 1.82) is 0 Å². The monoisotopic (exact) mass is 223 g/mol. The third kappa shape index (κ3) is 1.79. The molecule has 2 heterocycles. The van der Waals surface area contributed by atoms with E-state index < -0.39 is 0 Å². The molecular formula is C11H13NS2. The van der Waals surface area contributed by atoms with Gasteiger partial charge in [0.05, 0.1) is 10.2 Å². The van der Waals surface area contributed by atoms with E-state index in [1.807, 2.05) is 18.0 Å². The average Bonchev–Trinajstić information content (AvgIpc) is 2.49. The van der Waals surface area contributed by atoms with Crippen molar-refractivity contribution in [2.75, 3.05) is 0 Å². The van der Waals surface area contributed by atoms with Crippen molar-refractivity contribution in [3.63, 3.8) is 0 Å². The van der Waals surface area contributed by atoms with Crippen molar-refractivity contribution < 1.29 is 0 Å². The molecule has 0 aliphatic carbocycles. The third-order valence-electron chi connectivity index (χ3n) is 1.96. The van der Waals surface area contributed by atoms with Crippen molar-refractivity contribution in [2.45, 2.75) is 30.9 Å². The van der Waals surface area contributed by atoms with Crippen LogP contribution in [0.3, 0.4) is 0 Å². The normalized spacial score (nSPS) is 11.4. The standard InChI is InChI=1S/C11H13NS2/c1-7(2)14-9-4-5-12-10-8(3)6-13-11(9)10/h4-7H,1-3H3. The van der Waals surface area contributed by atoms with Gasteiger partial charge in [-0.15, -0.1) is 23.1 Å². The van der Waals surface area contributed by atoms with Gasteiger partial charge in [-0.1, -0.05) is 13.8 Å². The summed E-state index contributed by atoms with van der Waals surface area (Å²) in [6, 6.07) is 2.11. The molecule has 0 amide bonds. The van der Waals surface area contributed by atoms with Crippen molar-refractivity contribution in [2.24, 2.45) is 0 Å². The van der Waals surface area contributed by atoms with Crippen LogP contribution in [-0.4, -0.2) is 10.2 Å². The van der Waals surface area contributed by atoms with Crippen molar-refractivity contribution in [3.8, 4) is 0 Å². The Bertz CT molecular complexity index is 445. The maximum absolute atomic E-state index is 4.41. The summed E-state index contributed by atoms with van der Waals surface area (Å²) in [4.78, 5) is 5.77. The third-order valence-corrected chi connectivity index (χ3v) is 4.27. The maximum Gasteiger partial charge on any atom is 0.0850 e. The minimum absolute atomic E-state index is 0.628. The molecule has 0 saturated heterocycles. The van der Waals surface area contributed by atoms with Gasteiger partial charge in [0, 0.05) is 16.3 Å². The lowest BCUT2D eigenvalue weighted by molar-refractivity contribution is 1.11. The highest BCUT2D eigenvalue weighted by molar-refractivity contribution is 8.00. The number of aromatic nitrogens is 1. The summed E-state index contributed by atoms with van der Waals surface area (Å²) in [6.45, 7) is 6.56. The van der Waals surface area contributed by atoms with Gasteiger partial charge < -0.3 is 0 Å². The second-order valence-corrected chi connectivity index (χ2v) is 6.07. The summed E-state index contributed by atoms with van der Waals surface area (Å²) < 4.78 is 1.34. The molecule has 14 heavy (non-hydrogen) atoms. The Labute approximate surface area is 92.6 Å². The number of nitrogens with zero attached hydrogens (tertiary/aromatic N) is 1. The van der Waals surface area contributed by atoms with Gasteiger partial charge in [-0.2, -0.15) is 0 Å². The smallest absolute Gasteiger partial charge is 0.0850 e. The van der Waals surface area contributed by atoms with E-state index in [0.717, 1.165) is 0 Å². The number of pyridine rings is 1. The molecule has 0 aliphatic heterocycles. The number of aryl methyl sites for hydroxylation is 1. The first-order valence-corrected chi connectivity index (χ1v) is 6.44. The van der Waals surface area contributed by atoms with Gasteiger partial charge in [-0.25, -0.2) is 0 Å². The van der Waals surface area contributed by atoms with Crippen LogP contribution in [0.1, 0.15) is 19.4 Å². The Morgan fingerprint density at radius 2 is 2.21 bits per heavy atom. The van der Waals surface area contributed by atoms with Crippen molar-refractivity contribution >= 4 is 33.3 Å². The van der Waals surface area contributed by atoms with Gasteiger partial charge in [-0.3, -0.25) is 4.98 Å². The summed E-state index contributed by atoms with van der Waals surface area (Å²) >= 11 is 3.71. The SMILES string of the molecule is Cc1csc2c(SC(C)C)ccnc12. The summed E-state index contributed by atoms with van der Waals surface area (Å²) in [5.74, 6) is 0. The molecule has 0 unspecified atom stereocenters. The minimum Gasteiger partial charge on any atom is -0.255 e. The molecule has 0 fully saturated rings. The van der Waals surface area contributed by atoms with Crippen LogP contribution in [0.15, 0.2) is 22.5 Å². The molecule has 1 nitrogen and oxygen atoms in total. The first-order valence-electron chi connectivity index (χ1n) is 4.68. The summed E-state index contributed by atoms with van der Waals surface area (Å²) in [5, 5.41) is 2.81. The van der Waals surface area contributed by atoms with E-state index in [-0.39, 0.29) is 0 Å². The Morgan fingerprint density at radius 1 is 1.43 bits per heavy atom. The fourth-order valence-corrected chi connectivity index (χ4v) is 3.43. The number of fused-ring (bicyclic) bond motifs is 1. The molecule has 2 aromatic heterocycles. The van der Waals surface area contributed by atoms with E-state index in [4.69, 9.17) is 0 Å². The fourth-order valence-electron chi connectivity index (χ4n) is 1.38. The van der Waals surface area contributed by atoms with Crippen LogP contribution in [0.25, 0.3) is 10.2 Å². The first-order chi connectivity index (χ1) is 6.68. The van der Waals surface area contributed by atoms with E-state index in [2.05, 4.69) is 37.2 Å². The number of hydrogen-bond acceptors (Lipinski definition) is 3. The Morgan fingerprint density at radius 3 is 2.93 bits per heavy atom. The zero-order valence-electron chi connectivity index (χ0n) is 8.57. The van der Waals surface area contributed by atoms with Gasteiger partial charge in [0.2, 0.25) is 0 Å². The highest BCUT2D eigenvalue weighted by Crippen LogP contribution is 2.34. The number of hydrogen-bond donors (Lipinski definition) is 0. The van der Waals surface area contributed by atoms with E-state index >= 15 is 0 Å². The van der Waals surface area contributed by atoms with Crippen molar-refractivity contribution in [3.05, 3.63) is 23.2 Å². The van der Waals surface area contributed by atoms with E-state index in [0.29, 0.717) is 5.25 Å². The minimum atomic E-state index is 0.628. The van der Waals surface area contributed by atoms with Crippen LogP contribution >= 0.6 is 23.1 Å². The molecular weight excluding hydrogens is 210 g/mol. The molecule has 74 valence electrons. The lowest BCUT2D eigenvalue weighted by Gasteiger charge is -2.05. The predicted molar refractivity (Wildman–Crippen MR) is 65.4 cm³/mol. The summed E-state index contributed by atoms with van der Waals surface area (Å²) in [6.07, 6.45) is 1.91. The molecule has 0 bridgehead atoms. The van der Waals surface area contributed by atoms with Gasteiger partial charge in [0.25, 0.3) is 0 Å². The van der Waals surface area contributed by atoms with Gasteiger partial charge in [0.1, 0.15) is 0 Å². The quantitative estimate of drug-likeness (QED) is 0.711. The molecule has 0 saturated carbocycles. The van der Waals surface area contributed by atoms with Crippen LogP contribution in [-0.2, 0) is 0 Å². The molecule has 2 rings (SSSR count). The number of rotatable bonds is 2. The topological polar surface area (TPSA) is 12.9 Å². The summed E-state index contributed by atoms with van der Waals surface area (Å²) in [5.41, 5.74) is 2.46. The average molecular weight is 223 g/mol. The second-order valence-electron chi connectivity index (χ2n) is 3.57. The Kier molecular flexibility index (Phi) is 2.79. The molecule has 0 aliphatic rings. The van der Waals surface area contributed by atoms with E-state index in [9.17, 15) is 0 Å². The fraction of sp³-hybridized carbons (Fsp3) is 0.364. The number of thioether (sulfide) groups is 1. The van der Waals surface area contributed by atoms with Crippen LogP contribution in [0, 0.1) is 6.92 Å².